The summed E-state index contributed by atoms with van der Waals surface area (Å²) in [5.41, 5.74) is -0.940. The summed E-state index contributed by atoms with van der Waals surface area (Å²) in [6.07, 6.45) is 2.93. The molecule has 2 aliphatic carbocycles. The van der Waals surface area contributed by atoms with Gasteiger partial charge in [-0.05, 0) is 43.4 Å². The van der Waals surface area contributed by atoms with Gasteiger partial charge in [0, 0.05) is 19.1 Å². The molecule has 1 aromatic carbocycles. The Kier molecular flexibility index (Phi) is 6.05. The molecule has 2 aromatic rings. The lowest BCUT2D eigenvalue weighted by atomic mass is 9.85. The Morgan fingerprint density at radius 1 is 1.06 bits per heavy atom. The zero-order valence-corrected chi connectivity index (χ0v) is 17.1. The summed E-state index contributed by atoms with van der Waals surface area (Å²) in [5, 5.41) is 13.6. The molecule has 0 spiro atoms. The van der Waals surface area contributed by atoms with Gasteiger partial charge in [0.15, 0.2) is 11.6 Å². The van der Waals surface area contributed by atoms with E-state index < -0.39 is 23.2 Å². The van der Waals surface area contributed by atoms with Crippen LogP contribution in [0.4, 0.5) is 29.2 Å². The minimum Gasteiger partial charge on any atom is -0.388 e. The summed E-state index contributed by atoms with van der Waals surface area (Å²) < 4.78 is 53.7. The van der Waals surface area contributed by atoms with Crippen molar-refractivity contribution in [2.75, 3.05) is 16.8 Å². The van der Waals surface area contributed by atoms with Crippen LogP contribution >= 0.6 is 0 Å². The lowest BCUT2D eigenvalue weighted by molar-refractivity contribution is -0.137. The molecule has 0 amide bonds. The molecule has 2 saturated carbocycles. The monoisotopic (exact) mass is 438 g/mol. The Morgan fingerprint density at radius 2 is 1.74 bits per heavy atom. The van der Waals surface area contributed by atoms with Crippen molar-refractivity contribution in [1.29, 1.82) is 0 Å². The molecule has 4 rings (SSSR count). The number of aromatic nitrogens is 2. The summed E-state index contributed by atoms with van der Waals surface area (Å²) in [6, 6.07) is 4.98. The number of halogens is 4. The van der Waals surface area contributed by atoms with Crippen LogP contribution in [0, 0.1) is 5.82 Å². The van der Waals surface area contributed by atoms with E-state index in [1.54, 1.807) is 4.90 Å². The summed E-state index contributed by atoms with van der Waals surface area (Å²) in [7, 11) is 0. The Hall–Kier alpha value is -2.42. The highest BCUT2D eigenvalue weighted by molar-refractivity contribution is 5.52. The second kappa shape index (κ2) is 8.61. The van der Waals surface area contributed by atoms with E-state index in [-0.39, 0.29) is 30.8 Å². The number of alkyl halides is 3. The van der Waals surface area contributed by atoms with Crippen molar-refractivity contribution in [2.24, 2.45) is 0 Å². The van der Waals surface area contributed by atoms with Gasteiger partial charge in [0.2, 0.25) is 5.82 Å². The number of hydrogen-bond acceptors (Lipinski definition) is 5. The first-order valence-electron chi connectivity index (χ1n) is 10.6. The van der Waals surface area contributed by atoms with Crippen LogP contribution in [-0.4, -0.2) is 33.3 Å². The normalized spacial score (nSPS) is 18.6. The number of anilines is 2. The van der Waals surface area contributed by atoms with Crippen LogP contribution in [0.5, 0.6) is 0 Å². The van der Waals surface area contributed by atoms with Gasteiger partial charge in [-0.3, -0.25) is 0 Å². The first kappa shape index (κ1) is 21.8. The van der Waals surface area contributed by atoms with Crippen molar-refractivity contribution in [3.05, 3.63) is 47.5 Å². The summed E-state index contributed by atoms with van der Waals surface area (Å²) in [6.45, 7) is 0.461. The van der Waals surface area contributed by atoms with Crippen LogP contribution in [0.1, 0.15) is 56.1 Å². The standard InChI is InChI=1S/C22H26F4N4O/c23-18-19(27-13-21(31)10-2-1-3-11-21)28-14-29-20(18)30(17-8-9-17)12-15-4-6-16(7-5-15)22(24,25)26/h4-7,14,17,31H,1-3,8-13H2,(H,27,28,29). The molecule has 2 fully saturated rings. The number of benzene rings is 1. The zero-order chi connectivity index (χ0) is 22.1. The van der Waals surface area contributed by atoms with Crippen LogP contribution < -0.4 is 10.2 Å². The Balaban J connectivity index is 1.50. The third kappa shape index (κ3) is 5.26. The number of nitrogens with one attached hydrogen (secondary N) is 1. The predicted octanol–water partition coefficient (Wildman–Crippen LogP) is 4.91. The molecule has 2 N–H and O–H groups in total. The van der Waals surface area contributed by atoms with Crippen molar-refractivity contribution in [2.45, 2.75) is 69.3 Å². The molecular formula is C22H26F4N4O. The SMILES string of the molecule is OC1(CNc2ncnc(N(Cc3ccc(C(F)(F)F)cc3)C3CC3)c2F)CCCCC1. The van der Waals surface area contributed by atoms with E-state index >= 15 is 4.39 Å². The van der Waals surface area contributed by atoms with Gasteiger partial charge in [-0.25, -0.2) is 9.97 Å². The summed E-state index contributed by atoms with van der Waals surface area (Å²) in [5.74, 6) is -0.460. The average Bonchev–Trinajstić information content (AvgIpc) is 3.57. The molecule has 0 bridgehead atoms. The van der Waals surface area contributed by atoms with E-state index in [1.807, 2.05) is 0 Å². The molecule has 168 valence electrons. The van der Waals surface area contributed by atoms with E-state index in [1.165, 1.54) is 18.5 Å². The molecule has 0 saturated heterocycles. The van der Waals surface area contributed by atoms with Gasteiger partial charge in [0.1, 0.15) is 6.33 Å². The minimum atomic E-state index is -4.39. The number of rotatable bonds is 7. The van der Waals surface area contributed by atoms with E-state index in [9.17, 15) is 18.3 Å². The van der Waals surface area contributed by atoms with Gasteiger partial charge in [-0.2, -0.15) is 17.6 Å². The first-order chi connectivity index (χ1) is 14.8. The maximum absolute atomic E-state index is 15.3. The molecule has 1 heterocycles. The van der Waals surface area contributed by atoms with Crippen LogP contribution in [0.3, 0.4) is 0 Å². The highest BCUT2D eigenvalue weighted by Gasteiger charge is 2.34. The number of aliphatic hydroxyl groups is 1. The summed E-state index contributed by atoms with van der Waals surface area (Å²) >= 11 is 0. The molecular weight excluding hydrogens is 412 g/mol. The lowest BCUT2D eigenvalue weighted by Gasteiger charge is -2.32. The molecule has 0 radical (unpaired) electrons. The second-order valence-electron chi connectivity index (χ2n) is 8.55. The Labute approximate surface area is 178 Å². The third-order valence-electron chi connectivity index (χ3n) is 6.03. The molecule has 31 heavy (non-hydrogen) atoms. The fourth-order valence-corrected chi connectivity index (χ4v) is 4.08. The maximum Gasteiger partial charge on any atom is 0.416 e. The van der Waals surface area contributed by atoms with Gasteiger partial charge in [0.05, 0.1) is 11.2 Å². The van der Waals surface area contributed by atoms with Crippen LogP contribution in [0.15, 0.2) is 30.6 Å². The predicted molar refractivity (Wildman–Crippen MR) is 109 cm³/mol. The van der Waals surface area contributed by atoms with E-state index in [2.05, 4.69) is 15.3 Å². The average molecular weight is 438 g/mol. The largest absolute Gasteiger partial charge is 0.416 e. The lowest BCUT2D eigenvalue weighted by Crippen LogP contribution is -2.39. The van der Waals surface area contributed by atoms with E-state index in [4.69, 9.17) is 0 Å². The van der Waals surface area contributed by atoms with Crippen molar-refractivity contribution >= 4 is 11.6 Å². The van der Waals surface area contributed by atoms with Gasteiger partial charge < -0.3 is 15.3 Å². The second-order valence-corrected chi connectivity index (χ2v) is 8.55. The molecule has 0 atom stereocenters. The van der Waals surface area contributed by atoms with Gasteiger partial charge in [-0.1, -0.05) is 31.4 Å². The van der Waals surface area contributed by atoms with E-state index in [0.717, 1.165) is 44.2 Å². The molecule has 1 aromatic heterocycles. The van der Waals surface area contributed by atoms with Crippen LogP contribution in [0.25, 0.3) is 0 Å². The van der Waals surface area contributed by atoms with Crippen molar-refractivity contribution in [3.8, 4) is 0 Å². The van der Waals surface area contributed by atoms with Crippen molar-refractivity contribution in [1.82, 2.24) is 9.97 Å². The molecule has 2 aliphatic rings. The van der Waals surface area contributed by atoms with Crippen molar-refractivity contribution < 1.29 is 22.7 Å². The Morgan fingerprint density at radius 3 is 2.35 bits per heavy atom. The number of hydrogen-bond donors (Lipinski definition) is 2. The smallest absolute Gasteiger partial charge is 0.388 e. The molecule has 0 unspecified atom stereocenters. The van der Waals surface area contributed by atoms with Crippen molar-refractivity contribution in [3.63, 3.8) is 0 Å². The minimum absolute atomic E-state index is 0.0297. The van der Waals surface area contributed by atoms with E-state index in [0.29, 0.717) is 18.4 Å². The molecule has 9 heteroatoms. The summed E-state index contributed by atoms with van der Waals surface area (Å²) in [4.78, 5) is 9.90. The van der Waals surface area contributed by atoms with Gasteiger partial charge in [0.25, 0.3) is 0 Å². The fraction of sp³-hybridized carbons (Fsp3) is 0.545. The quantitative estimate of drug-likeness (QED) is 0.602. The van der Waals surface area contributed by atoms with Gasteiger partial charge >= 0.3 is 6.18 Å². The highest BCUT2D eigenvalue weighted by atomic mass is 19.4. The Bertz CT molecular complexity index is 893. The molecule has 5 nitrogen and oxygen atoms in total. The zero-order valence-electron chi connectivity index (χ0n) is 17.1. The first-order valence-corrected chi connectivity index (χ1v) is 10.6. The third-order valence-corrected chi connectivity index (χ3v) is 6.03. The highest BCUT2D eigenvalue weighted by Crippen LogP contribution is 2.36. The van der Waals surface area contributed by atoms with Crippen LogP contribution in [-0.2, 0) is 12.7 Å². The van der Waals surface area contributed by atoms with Crippen LogP contribution in [0.2, 0.25) is 0 Å². The topological polar surface area (TPSA) is 61.3 Å². The molecule has 0 aliphatic heterocycles. The fourth-order valence-electron chi connectivity index (χ4n) is 4.08. The van der Waals surface area contributed by atoms with Gasteiger partial charge in [-0.15, -0.1) is 0 Å². The maximum atomic E-state index is 15.3. The number of nitrogens with zero attached hydrogens (tertiary/aromatic N) is 3.